The maximum absolute atomic E-state index is 13.0. The Morgan fingerprint density at radius 3 is 2.47 bits per heavy atom. The quantitative estimate of drug-likeness (QED) is 0.106. The molecule has 6 rings (SSSR count). The fourth-order valence-corrected chi connectivity index (χ4v) is 6.42. The molecule has 4 N–H and O–H groups in total. The first kappa shape index (κ1) is 37.5. The van der Waals surface area contributed by atoms with Crippen LogP contribution in [0.25, 0.3) is 22.5 Å². The van der Waals surface area contributed by atoms with E-state index in [1.165, 1.54) is 0 Å². The number of nitriles is 1. The molecule has 0 aliphatic carbocycles. The van der Waals surface area contributed by atoms with Gasteiger partial charge in [0.25, 0.3) is 5.91 Å². The summed E-state index contributed by atoms with van der Waals surface area (Å²) in [7, 11) is 0. The van der Waals surface area contributed by atoms with Crippen LogP contribution < -0.4 is 14.8 Å². The number of aromatic nitrogens is 1. The molecule has 1 amide bonds. The van der Waals surface area contributed by atoms with E-state index in [2.05, 4.69) is 16.5 Å². The summed E-state index contributed by atoms with van der Waals surface area (Å²) in [5.41, 5.74) is 6.97. The van der Waals surface area contributed by atoms with Crippen LogP contribution in [0.1, 0.15) is 51.1 Å². The highest BCUT2D eigenvalue weighted by atomic mass is 35.5. The molecule has 12 heteroatoms. The molecular weight excluding hydrogens is 696 g/mol. The number of benzene rings is 4. The molecule has 0 bridgehead atoms. The van der Waals surface area contributed by atoms with Gasteiger partial charge in [-0.05, 0) is 71.8 Å². The van der Waals surface area contributed by atoms with Gasteiger partial charge in [-0.25, -0.2) is 0 Å². The van der Waals surface area contributed by atoms with E-state index in [0.717, 1.165) is 33.4 Å². The Morgan fingerprint density at radius 2 is 1.70 bits per heavy atom. The highest BCUT2D eigenvalue weighted by Crippen LogP contribution is 2.35. The second kappa shape index (κ2) is 17.5. The van der Waals surface area contributed by atoms with Crippen molar-refractivity contribution in [2.45, 2.75) is 51.7 Å². The molecule has 0 saturated carbocycles. The van der Waals surface area contributed by atoms with Crippen LogP contribution in [0, 0.1) is 18.3 Å². The molecule has 1 aliphatic heterocycles. The summed E-state index contributed by atoms with van der Waals surface area (Å²) < 4.78 is 18.1. The lowest BCUT2D eigenvalue weighted by Gasteiger charge is -2.28. The minimum absolute atomic E-state index is 0.197. The zero-order valence-corrected chi connectivity index (χ0v) is 30.1. The lowest BCUT2D eigenvalue weighted by molar-refractivity contribution is 0.0538. The van der Waals surface area contributed by atoms with Gasteiger partial charge in [0.1, 0.15) is 24.7 Å². The van der Waals surface area contributed by atoms with Gasteiger partial charge in [-0.3, -0.25) is 4.79 Å². The zero-order valence-electron chi connectivity index (χ0n) is 29.3. The van der Waals surface area contributed by atoms with Crippen LogP contribution in [0.2, 0.25) is 5.02 Å². The number of carbonyl (C=O) groups is 1. The number of nitrogens with one attached hydrogen (secondary N) is 1. The number of carbonyl (C=O) groups excluding carboxylic acids is 1. The smallest absolute Gasteiger partial charge is 0.276 e. The van der Waals surface area contributed by atoms with Crippen molar-refractivity contribution in [2.24, 2.45) is 0 Å². The number of ether oxygens (including phenoxy) is 2. The summed E-state index contributed by atoms with van der Waals surface area (Å²) in [4.78, 5) is 14.7. The Hall–Kier alpha value is -5.22. The number of rotatable bonds is 14. The second-order valence-corrected chi connectivity index (χ2v) is 13.4. The molecule has 2 heterocycles. The van der Waals surface area contributed by atoms with Gasteiger partial charge in [0.15, 0.2) is 11.5 Å². The Labute approximate surface area is 313 Å². The van der Waals surface area contributed by atoms with Crippen molar-refractivity contribution in [3.05, 3.63) is 123 Å². The van der Waals surface area contributed by atoms with E-state index in [9.17, 15) is 25.4 Å². The van der Waals surface area contributed by atoms with Crippen LogP contribution in [0.4, 0.5) is 0 Å². The lowest BCUT2D eigenvalue weighted by atomic mass is 9.95. The van der Waals surface area contributed by atoms with Crippen molar-refractivity contribution in [1.82, 2.24) is 15.4 Å². The second-order valence-electron chi connectivity index (χ2n) is 13.0. The predicted molar refractivity (Wildman–Crippen MR) is 199 cm³/mol. The molecule has 1 aromatic heterocycles. The number of likely N-dealkylation sites (tertiary alicyclic amines) is 1. The molecule has 0 spiro atoms. The molecular formula is C41H41ClN4O7. The fourth-order valence-electron chi connectivity index (χ4n) is 6.18. The zero-order chi connectivity index (χ0) is 37.3. The number of hydrogen-bond acceptors (Lipinski definition) is 10. The van der Waals surface area contributed by atoms with Gasteiger partial charge in [0.05, 0.1) is 42.0 Å². The topological polar surface area (TPSA) is 161 Å². The maximum Gasteiger partial charge on any atom is 0.276 e. The summed E-state index contributed by atoms with van der Waals surface area (Å²) in [5, 5.41) is 45.7. The number of aliphatic hydroxyl groups is 3. The normalized spacial score (nSPS) is 13.3. The third kappa shape index (κ3) is 9.24. The minimum atomic E-state index is -0.515. The van der Waals surface area contributed by atoms with Crippen LogP contribution in [-0.4, -0.2) is 69.7 Å². The number of piperidine rings is 1. The Kier molecular flexibility index (Phi) is 12.4. The first-order valence-electron chi connectivity index (χ1n) is 17.4. The molecule has 5 aromatic rings. The van der Waals surface area contributed by atoms with E-state index in [0.29, 0.717) is 59.3 Å². The van der Waals surface area contributed by atoms with Crippen LogP contribution >= 0.6 is 11.6 Å². The number of hydrogen-bond donors (Lipinski definition) is 4. The van der Waals surface area contributed by atoms with Crippen molar-refractivity contribution < 1.29 is 34.1 Å². The van der Waals surface area contributed by atoms with Crippen molar-refractivity contribution in [2.75, 3.05) is 26.3 Å². The third-order valence-electron chi connectivity index (χ3n) is 9.36. The third-order valence-corrected chi connectivity index (χ3v) is 9.65. The summed E-state index contributed by atoms with van der Waals surface area (Å²) in [6.07, 6.45) is 0.722. The van der Waals surface area contributed by atoms with Gasteiger partial charge < -0.3 is 39.5 Å². The van der Waals surface area contributed by atoms with Crippen LogP contribution in [0.15, 0.2) is 89.5 Å². The molecule has 53 heavy (non-hydrogen) atoms. The Balaban J connectivity index is 1.19. The summed E-state index contributed by atoms with van der Waals surface area (Å²) in [6.45, 7) is 3.21. The van der Waals surface area contributed by atoms with E-state index in [1.54, 1.807) is 41.3 Å². The highest BCUT2D eigenvalue weighted by molar-refractivity contribution is 6.32. The fraction of sp³-hybridized carbons (Fsp3) is 0.293. The molecule has 4 aromatic carbocycles. The predicted octanol–water partition coefficient (Wildman–Crippen LogP) is 6.04. The number of nitrogens with zero attached hydrogens (tertiary/aromatic N) is 3. The molecule has 0 atom stereocenters. The van der Waals surface area contributed by atoms with Crippen LogP contribution in [0.3, 0.4) is 0 Å². The standard InChI is InChI=1S/C41H41ClN4O7/c1-26-31(9-4-10-35(26)29-7-3-8-30(16-29)39-18-37(45-53-39)41(50)46-13-11-34(49)12-14-46)25-52-40-19-38(51-24-28-6-2-5-27(15-28)20-43)32(17-36(40)42)21-44-33(22-47)23-48/h2-10,15-19,33-34,44,47-49H,11-14,21-25H2,1H3. The van der Waals surface area contributed by atoms with E-state index in [4.69, 9.17) is 25.6 Å². The van der Waals surface area contributed by atoms with Crippen molar-refractivity contribution in [1.29, 1.82) is 5.26 Å². The Bertz CT molecular complexity index is 2080. The molecule has 1 saturated heterocycles. The van der Waals surface area contributed by atoms with Crippen LogP contribution in [0.5, 0.6) is 11.5 Å². The summed E-state index contributed by atoms with van der Waals surface area (Å²) in [6, 6.07) is 27.8. The van der Waals surface area contributed by atoms with Crippen molar-refractivity contribution >= 4 is 17.5 Å². The summed E-state index contributed by atoms with van der Waals surface area (Å²) in [5.74, 6) is 1.19. The average Bonchev–Trinajstić information content (AvgIpc) is 3.69. The SMILES string of the molecule is Cc1c(COc2cc(OCc3cccc(C#N)c3)c(CNC(CO)CO)cc2Cl)cccc1-c1cccc(-c2cc(C(=O)N3CCC(O)CC3)no2)c1. The van der Waals surface area contributed by atoms with Crippen molar-refractivity contribution in [3.8, 4) is 40.0 Å². The highest BCUT2D eigenvalue weighted by Gasteiger charge is 2.25. The largest absolute Gasteiger partial charge is 0.488 e. The number of aliphatic hydroxyl groups excluding tert-OH is 3. The molecule has 11 nitrogen and oxygen atoms in total. The van der Waals surface area contributed by atoms with Crippen LogP contribution in [-0.2, 0) is 19.8 Å². The van der Waals surface area contributed by atoms with Gasteiger partial charge in [-0.15, -0.1) is 0 Å². The van der Waals surface area contributed by atoms with Gasteiger partial charge in [-0.2, -0.15) is 5.26 Å². The molecule has 0 unspecified atom stereocenters. The summed E-state index contributed by atoms with van der Waals surface area (Å²) >= 11 is 6.73. The van der Waals surface area contributed by atoms with Crippen molar-refractivity contribution in [3.63, 3.8) is 0 Å². The van der Waals surface area contributed by atoms with Gasteiger partial charge in [-0.1, -0.05) is 65.3 Å². The maximum atomic E-state index is 13.0. The number of halogens is 1. The van der Waals surface area contributed by atoms with Gasteiger partial charge in [0.2, 0.25) is 0 Å². The van der Waals surface area contributed by atoms with E-state index in [1.807, 2.05) is 55.5 Å². The van der Waals surface area contributed by atoms with E-state index < -0.39 is 6.04 Å². The molecule has 0 radical (unpaired) electrons. The monoisotopic (exact) mass is 736 g/mol. The molecule has 1 fully saturated rings. The van der Waals surface area contributed by atoms with E-state index in [-0.39, 0.29) is 50.7 Å². The van der Waals surface area contributed by atoms with Gasteiger partial charge >= 0.3 is 0 Å². The number of amides is 1. The first-order valence-corrected chi connectivity index (χ1v) is 17.8. The van der Waals surface area contributed by atoms with Gasteiger partial charge in [0, 0.05) is 42.9 Å². The minimum Gasteiger partial charge on any atom is -0.488 e. The van der Waals surface area contributed by atoms with E-state index >= 15 is 0 Å². The molecule has 1 aliphatic rings. The Morgan fingerprint density at radius 1 is 0.962 bits per heavy atom. The molecule has 274 valence electrons. The average molecular weight is 737 g/mol. The lowest BCUT2D eigenvalue weighted by Crippen LogP contribution is -2.40. The first-order chi connectivity index (χ1) is 25.8.